The van der Waals surface area contributed by atoms with Gasteiger partial charge in [0.25, 0.3) is 5.91 Å². The van der Waals surface area contributed by atoms with E-state index in [0.29, 0.717) is 36.2 Å². The van der Waals surface area contributed by atoms with Gasteiger partial charge >= 0.3 is 0 Å². The van der Waals surface area contributed by atoms with Crippen LogP contribution in [0.15, 0.2) is 18.2 Å². The molecule has 18 heavy (non-hydrogen) atoms. The lowest BCUT2D eigenvalue weighted by molar-refractivity contribution is 0.0929. The zero-order valence-corrected chi connectivity index (χ0v) is 11.0. The molecule has 1 unspecified atom stereocenters. The lowest BCUT2D eigenvalue weighted by Gasteiger charge is -2.20. The Morgan fingerprint density at radius 1 is 1.17 bits per heavy atom. The second-order valence-corrected chi connectivity index (χ2v) is 4.86. The van der Waals surface area contributed by atoms with Crippen molar-refractivity contribution in [3.05, 3.63) is 23.8 Å². The van der Waals surface area contributed by atoms with E-state index in [1.807, 2.05) is 6.92 Å². The van der Waals surface area contributed by atoms with Gasteiger partial charge in [0.2, 0.25) is 0 Å². The molecule has 0 spiro atoms. The zero-order chi connectivity index (χ0) is 13.1. The predicted octanol–water partition coefficient (Wildman–Crippen LogP) is 2.23. The number of ether oxygens (including phenoxy) is 2. The van der Waals surface area contributed by atoms with E-state index in [-0.39, 0.29) is 11.9 Å². The number of hydrogen-bond acceptors (Lipinski definition) is 3. The molecule has 1 aliphatic rings. The third kappa shape index (κ3) is 2.75. The second kappa shape index (κ2) is 5.29. The van der Waals surface area contributed by atoms with E-state index in [1.165, 1.54) is 0 Å². The summed E-state index contributed by atoms with van der Waals surface area (Å²) >= 11 is 0. The number of rotatable bonds is 3. The second-order valence-electron chi connectivity index (χ2n) is 4.86. The molecule has 4 nitrogen and oxygen atoms in total. The Hall–Kier alpha value is -1.71. The van der Waals surface area contributed by atoms with Crippen LogP contribution in [0.1, 0.15) is 31.1 Å². The number of amides is 1. The van der Waals surface area contributed by atoms with Crippen LogP contribution in [0.25, 0.3) is 0 Å². The minimum atomic E-state index is -0.0758. The fraction of sp³-hybridized carbons (Fsp3) is 0.500. The molecular formula is C14H19NO3. The Balaban J connectivity index is 2.11. The zero-order valence-electron chi connectivity index (χ0n) is 11.0. The Labute approximate surface area is 107 Å². The molecule has 0 aliphatic carbocycles. The average molecular weight is 249 g/mol. The monoisotopic (exact) mass is 249 g/mol. The van der Waals surface area contributed by atoms with Crippen molar-refractivity contribution >= 4 is 5.91 Å². The third-order valence-electron chi connectivity index (χ3n) is 3.16. The van der Waals surface area contributed by atoms with Gasteiger partial charge in [-0.1, -0.05) is 13.8 Å². The summed E-state index contributed by atoms with van der Waals surface area (Å²) in [7, 11) is 0. The minimum Gasteiger partial charge on any atom is -0.486 e. The molecule has 1 heterocycles. The van der Waals surface area contributed by atoms with Crippen LogP contribution in [0.3, 0.4) is 0 Å². The van der Waals surface area contributed by atoms with Crippen LogP contribution >= 0.6 is 0 Å². The molecule has 0 saturated carbocycles. The standard InChI is InChI=1S/C14H19NO3/c1-9(2)10(3)15-14(16)11-4-5-12-13(8-11)18-7-6-17-12/h4-5,8-10H,6-7H2,1-3H3,(H,15,16). The fourth-order valence-electron chi connectivity index (χ4n) is 1.64. The molecule has 1 N–H and O–H groups in total. The lowest BCUT2D eigenvalue weighted by atomic mass is 10.1. The molecule has 2 rings (SSSR count). The van der Waals surface area contributed by atoms with Gasteiger partial charge in [0, 0.05) is 11.6 Å². The van der Waals surface area contributed by atoms with Gasteiger partial charge in [0.05, 0.1) is 0 Å². The van der Waals surface area contributed by atoms with Gasteiger partial charge in [-0.15, -0.1) is 0 Å². The largest absolute Gasteiger partial charge is 0.486 e. The predicted molar refractivity (Wildman–Crippen MR) is 69.2 cm³/mol. The summed E-state index contributed by atoms with van der Waals surface area (Å²) in [4.78, 5) is 12.0. The lowest BCUT2D eigenvalue weighted by Crippen LogP contribution is -2.36. The van der Waals surface area contributed by atoms with Crippen molar-refractivity contribution in [2.24, 2.45) is 5.92 Å². The van der Waals surface area contributed by atoms with Crippen LogP contribution in [-0.4, -0.2) is 25.2 Å². The smallest absolute Gasteiger partial charge is 0.251 e. The number of carbonyl (C=O) groups is 1. The molecule has 4 heteroatoms. The van der Waals surface area contributed by atoms with Gasteiger partial charge in [-0.25, -0.2) is 0 Å². The summed E-state index contributed by atoms with van der Waals surface area (Å²) in [6, 6.07) is 5.42. The summed E-state index contributed by atoms with van der Waals surface area (Å²) in [5.74, 6) is 1.68. The fourth-order valence-corrected chi connectivity index (χ4v) is 1.64. The molecule has 1 aromatic carbocycles. The molecule has 98 valence electrons. The summed E-state index contributed by atoms with van der Waals surface area (Å²) in [5.41, 5.74) is 0.603. The van der Waals surface area contributed by atoms with E-state index in [2.05, 4.69) is 19.2 Å². The van der Waals surface area contributed by atoms with Crippen LogP contribution in [0.4, 0.5) is 0 Å². The topological polar surface area (TPSA) is 47.6 Å². The number of benzene rings is 1. The molecule has 0 saturated heterocycles. The number of carbonyl (C=O) groups excluding carboxylic acids is 1. The van der Waals surface area contributed by atoms with Crippen molar-refractivity contribution in [3.63, 3.8) is 0 Å². The molecule has 0 radical (unpaired) electrons. The molecule has 1 aromatic rings. The highest BCUT2D eigenvalue weighted by Gasteiger charge is 2.16. The quantitative estimate of drug-likeness (QED) is 0.893. The first-order valence-corrected chi connectivity index (χ1v) is 6.28. The molecule has 1 atom stereocenters. The van der Waals surface area contributed by atoms with E-state index >= 15 is 0 Å². The Bertz CT molecular complexity index is 443. The van der Waals surface area contributed by atoms with E-state index < -0.39 is 0 Å². The number of nitrogens with one attached hydrogen (secondary N) is 1. The van der Waals surface area contributed by atoms with Crippen molar-refractivity contribution in [2.45, 2.75) is 26.8 Å². The Morgan fingerprint density at radius 3 is 2.50 bits per heavy atom. The van der Waals surface area contributed by atoms with Gasteiger partial charge in [0.15, 0.2) is 11.5 Å². The first-order chi connectivity index (χ1) is 8.58. The van der Waals surface area contributed by atoms with Crippen molar-refractivity contribution in [1.82, 2.24) is 5.32 Å². The summed E-state index contributed by atoms with van der Waals surface area (Å²) in [5, 5.41) is 2.97. The van der Waals surface area contributed by atoms with Gasteiger partial charge in [-0.3, -0.25) is 4.79 Å². The minimum absolute atomic E-state index is 0.0758. The van der Waals surface area contributed by atoms with Crippen molar-refractivity contribution in [1.29, 1.82) is 0 Å². The normalized spacial score (nSPS) is 15.3. The summed E-state index contributed by atoms with van der Waals surface area (Å²) in [6.07, 6.45) is 0. The van der Waals surface area contributed by atoms with Crippen LogP contribution in [-0.2, 0) is 0 Å². The highest BCUT2D eigenvalue weighted by atomic mass is 16.6. The van der Waals surface area contributed by atoms with E-state index in [0.717, 1.165) is 0 Å². The highest BCUT2D eigenvalue weighted by Crippen LogP contribution is 2.30. The first kappa shape index (κ1) is 12.7. The number of hydrogen-bond donors (Lipinski definition) is 1. The van der Waals surface area contributed by atoms with Gasteiger partial charge in [0.1, 0.15) is 13.2 Å². The van der Waals surface area contributed by atoms with Crippen molar-refractivity contribution in [2.75, 3.05) is 13.2 Å². The molecule has 0 fully saturated rings. The molecular weight excluding hydrogens is 230 g/mol. The van der Waals surface area contributed by atoms with E-state index in [4.69, 9.17) is 9.47 Å². The Morgan fingerprint density at radius 2 is 1.83 bits per heavy atom. The highest BCUT2D eigenvalue weighted by molar-refractivity contribution is 5.95. The first-order valence-electron chi connectivity index (χ1n) is 6.28. The van der Waals surface area contributed by atoms with Gasteiger partial charge in [-0.05, 0) is 31.0 Å². The molecule has 0 aromatic heterocycles. The van der Waals surface area contributed by atoms with Crippen molar-refractivity contribution < 1.29 is 14.3 Å². The van der Waals surface area contributed by atoms with Gasteiger partial charge < -0.3 is 14.8 Å². The average Bonchev–Trinajstić information content (AvgIpc) is 2.37. The maximum atomic E-state index is 12.0. The summed E-state index contributed by atoms with van der Waals surface area (Å²) < 4.78 is 10.9. The van der Waals surface area contributed by atoms with Crippen LogP contribution in [0.5, 0.6) is 11.5 Å². The molecule has 1 aliphatic heterocycles. The van der Waals surface area contributed by atoms with E-state index in [9.17, 15) is 4.79 Å². The summed E-state index contributed by atoms with van der Waals surface area (Å²) in [6.45, 7) is 7.24. The van der Waals surface area contributed by atoms with E-state index in [1.54, 1.807) is 18.2 Å². The maximum Gasteiger partial charge on any atom is 0.251 e. The Kier molecular flexibility index (Phi) is 3.75. The SMILES string of the molecule is CC(C)C(C)NC(=O)c1ccc2c(c1)OCCO2. The molecule has 0 bridgehead atoms. The third-order valence-corrected chi connectivity index (χ3v) is 3.16. The van der Waals surface area contributed by atoms with Crippen LogP contribution < -0.4 is 14.8 Å². The van der Waals surface area contributed by atoms with Crippen LogP contribution in [0.2, 0.25) is 0 Å². The molecule has 1 amide bonds. The van der Waals surface area contributed by atoms with Crippen molar-refractivity contribution in [3.8, 4) is 11.5 Å². The number of fused-ring (bicyclic) bond motifs is 1. The van der Waals surface area contributed by atoms with Crippen LogP contribution in [0, 0.1) is 5.92 Å². The maximum absolute atomic E-state index is 12.0. The van der Waals surface area contributed by atoms with Gasteiger partial charge in [-0.2, -0.15) is 0 Å².